The molecule has 0 atom stereocenters. The molecule has 5 aromatic rings. The molecule has 178 valence electrons. The van der Waals surface area contributed by atoms with Crippen molar-refractivity contribution in [3.63, 3.8) is 0 Å². The van der Waals surface area contributed by atoms with Gasteiger partial charge in [-0.2, -0.15) is 13.9 Å². The summed E-state index contributed by atoms with van der Waals surface area (Å²) in [6, 6.07) is 14.1. The highest BCUT2D eigenvalue weighted by Crippen LogP contribution is 2.47. The number of hydrogen-bond acceptors (Lipinski definition) is 5. The molecular formula is C26H22F2N4O2S. The summed E-state index contributed by atoms with van der Waals surface area (Å²) in [5.74, 6) is 0.573. The van der Waals surface area contributed by atoms with Crippen LogP contribution in [0.2, 0.25) is 0 Å². The molecule has 0 spiro atoms. The lowest BCUT2D eigenvalue weighted by atomic mass is 10.0. The van der Waals surface area contributed by atoms with Gasteiger partial charge in [-0.3, -0.25) is 14.0 Å². The third kappa shape index (κ3) is 3.76. The van der Waals surface area contributed by atoms with Gasteiger partial charge < -0.3 is 10.1 Å². The minimum atomic E-state index is -2.91. The average molecular weight is 493 g/mol. The highest BCUT2D eigenvalue weighted by atomic mass is 32.1. The lowest BCUT2D eigenvalue weighted by molar-refractivity contribution is -0.0498. The van der Waals surface area contributed by atoms with Crippen molar-refractivity contribution in [2.24, 2.45) is 7.05 Å². The number of alkyl halides is 2. The van der Waals surface area contributed by atoms with Gasteiger partial charge in [-0.1, -0.05) is 6.07 Å². The van der Waals surface area contributed by atoms with Crippen LogP contribution in [0.25, 0.3) is 37.9 Å². The number of nitrogens with one attached hydrogen (secondary N) is 1. The van der Waals surface area contributed by atoms with E-state index in [0.717, 1.165) is 45.2 Å². The maximum absolute atomic E-state index is 14.1. The number of rotatable bonds is 6. The Labute approximate surface area is 203 Å². The maximum atomic E-state index is 14.1. The van der Waals surface area contributed by atoms with E-state index in [0.29, 0.717) is 17.2 Å². The smallest absolute Gasteiger partial charge is 0.387 e. The molecular weight excluding hydrogens is 470 g/mol. The van der Waals surface area contributed by atoms with Crippen LogP contribution in [-0.4, -0.2) is 28.0 Å². The van der Waals surface area contributed by atoms with E-state index in [4.69, 9.17) is 0 Å². The molecule has 3 heterocycles. The van der Waals surface area contributed by atoms with Crippen molar-refractivity contribution in [1.29, 1.82) is 0 Å². The van der Waals surface area contributed by atoms with Crippen molar-refractivity contribution in [3.05, 3.63) is 70.0 Å². The zero-order valence-electron chi connectivity index (χ0n) is 19.1. The second-order valence-corrected chi connectivity index (χ2v) is 9.81. The topological polar surface area (TPSA) is 61.1 Å². The highest BCUT2D eigenvalue weighted by Gasteiger charge is 2.28. The second kappa shape index (κ2) is 8.20. The number of halogens is 2. The first-order valence-corrected chi connectivity index (χ1v) is 12.1. The molecule has 6 rings (SSSR count). The van der Waals surface area contributed by atoms with Gasteiger partial charge in [0.25, 0.3) is 5.56 Å². The van der Waals surface area contributed by atoms with Gasteiger partial charge in [-0.15, -0.1) is 11.3 Å². The third-order valence-corrected chi connectivity index (χ3v) is 7.63. The zero-order chi connectivity index (χ0) is 24.3. The molecule has 9 heteroatoms. The van der Waals surface area contributed by atoms with E-state index in [1.54, 1.807) is 32.7 Å². The largest absolute Gasteiger partial charge is 0.435 e. The summed E-state index contributed by atoms with van der Waals surface area (Å²) in [5.41, 5.74) is 4.20. The Morgan fingerprint density at radius 2 is 1.91 bits per heavy atom. The number of aryl methyl sites for hydroxylation is 1. The van der Waals surface area contributed by atoms with E-state index in [9.17, 15) is 13.6 Å². The van der Waals surface area contributed by atoms with Gasteiger partial charge in [0, 0.05) is 36.2 Å². The number of pyridine rings is 1. The lowest BCUT2D eigenvalue weighted by Crippen LogP contribution is -2.21. The predicted molar refractivity (Wildman–Crippen MR) is 135 cm³/mol. The Bertz CT molecular complexity index is 1630. The van der Waals surface area contributed by atoms with Gasteiger partial charge in [0.2, 0.25) is 0 Å². The van der Waals surface area contributed by atoms with Crippen LogP contribution in [0.4, 0.5) is 14.5 Å². The minimum absolute atomic E-state index is 0.0473. The van der Waals surface area contributed by atoms with E-state index >= 15 is 0 Å². The third-order valence-electron chi connectivity index (χ3n) is 6.32. The van der Waals surface area contributed by atoms with Crippen LogP contribution < -0.4 is 15.6 Å². The van der Waals surface area contributed by atoms with Crippen LogP contribution in [0.15, 0.2) is 59.5 Å². The summed E-state index contributed by atoms with van der Waals surface area (Å²) in [6.45, 7) is -2.91. The summed E-state index contributed by atoms with van der Waals surface area (Å²) in [5, 5.41) is 8.67. The average Bonchev–Trinajstić information content (AvgIpc) is 3.48. The molecule has 1 N–H and O–H groups in total. The van der Waals surface area contributed by atoms with Crippen molar-refractivity contribution in [1.82, 2.24) is 14.3 Å². The first-order valence-electron chi connectivity index (χ1n) is 11.3. The van der Waals surface area contributed by atoms with E-state index in [1.165, 1.54) is 17.0 Å². The number of hydrogen-bond donors (Lipinski definition) is 1. The molecule has 0 radical (unpaired) electrons. The fourth-order valence-corrected chi connectivity index (χ4v) is 5.97. The Morgan fingerprint density at radius 3 is 2.60 bits per heavy atom. The molecule has 1 fully saturated rings. The molecule has 2 aromatic carbocycles. The molecule has 6 nitrogen and oxygen atoms in total. The number of anilines is 1. The normalized spacial score (nSPS) is 13.7. The molecule has 0 amide bonds. The van der Waals surface area contributed by atoms with E-state index in [1.807, 2.05) is 38.5 Å². The fraction of sp³-hybridized carbons (Fsp3) is 0.231. The molecule has 0 saturated heterocycles. The van der Waals surface area contributed by atoms with E-state index in [-0.39, 0.29) is 11.3 Å². The molecule has 0 aliphatic heterocycles. The van der Waals surface area contributed by atoms with Crippen molar-refractivity contribution < 1.29 is 13.5 Å². The summed E-state index contributed by atoms with van der Waals surface area (Å²) in [7, 11) is 3.70. The molecule has 35 heavy (non-hydrogen) atoms. The number of aromatic nitrogens is 3. The van der Waals surface area contributed by atoms with Crippen LogP contribution >= 0.6 is 11.3 Å². The van der Waals surface area contributed by atoms with Crippen molar-refractivity contribution in [2.45, 2.75) is 25.4 Å². The number of benzene rings is 2. The second-order valence-electron chi connectivity index (χ2n) is 8.73. The Hall–Kier alpha value is -3.72. The van der Waals surface area contributed by atoms with Gasteiger partial charge in [-0.05, 0) is 66.8 Å². The van der Waals surface area contributed by atoms with Crippen LogP contribution in [0, 0.1) is 0 Å². The lowest BCUT2D eigenvalue weighted by Gasteiger charge is -2.16. The SMILES string of the molecule is CNc1c(-c2ccc3nn(C)cc3c2)c(=O)n(-c2ccc(OC(F)F)cc2)c2cc(C3CC3)sc12. The molecule has 3 aromatic heterocycles. The van der Waals surface area contributed by atoms with Gasteiger partial charge >= 0.3 is 6.61 Å². The Morgan fingerprint density at radius 1 is 1.14 bits per heavy atom. The number of fused-ring (bicyclic) bond motifs is 2. The summed E-state index contributed by atoms with van der Waals surface area (Å²) in [6.07, 6.45) is 4.22. The van der Waals surface area contributed by atoms with Gasteiger partial charge in [-0.25, -0.2) is 0 Å². The van der Waals surface area contributed by atoms with Crippen molar-refractivity contribution >= 4 is 38.1 Å². The Balaban J connectivity index is 1.62. The summed E-state index contributed by atoms with van der Waals surface area (Å²) < 4.78 is 34.2. The zero-order valence-corrected chi connectivity index (χ0v) is 19.9. The molecule has 1 aliphatic carbocycles. The van der Waals surface area contributed by atoms with Crippen LogP contribution in [0.5, 0.6) is 5.75 Å². The fourth-order valence-electron chi connectivity index (χ4n) is 4.60. The number of ether oxygens (including phenoxy) is 1. The van der Waals surface area contributed by atoms with Crippen molar-refractivity contribution in [3.8, 4) is 22.6 Å². The maximum Gasteiger partial charge on any atom is 0.387 e. The Kier molecular flexibility index (Phi) is 5.10. The molecule has 1 saturated carbocycles. The first kappa shape index (κ1) is 21.8. The van der Waals surface area contributed by atoms with Gasteiger partial charge in [0.05, 0.1) is 27.0 Å². The quantitative estimate of drug-likeness (QED) is 0.310. The van der Waals surface area contributed by atoms with Crippen LogP contribution in [-0.2, 0) is 7.05 Å². The molecule has 1 aliphatic rings. The van der Waals surface area contributed by atoms with E-state index in [2.05, 4.69) is 21.2 Å². The van der Waals surface area contributed by atoms with Crippen molar-refractivity contribution in [2.75, 3.05) is 12.4 Å². The number of nitrogens with zero attached hydrogens (tertiary/aromatic N) is 3. The highest BCUT2D eigenvalue weighted by molar-refractivity contribution is 7.19. The first-order chi connectivity index (χ1) is 16.9. The standard InChI is InChI=1S/C26H22F2N4O2S/c1-29-23-22(15-5-10-19-16(11-15)13-31(2)30-19)25(33)32(17-6-8-18(9-7-17)34-26(27)28)20-12-21(14-3-4-14)35-24(20)23/h5-14,26,29H,3-4H2,1-2H3. The van der Waals surface area contributed by atoms with Crippen LogP contribution in [0.3, 0.4) is 0 Å². The van der Waals surface area contributed by atoms with Crippen LogP contribution in [0.1, 0.15) is 23.6 Å². The number of thiophene rings is 1. The van der Waals surface area contributed by atoms with E-state index < -0.39 is 6.61 Å². The predicted octanol–water partition coefficient (Wildman–Crippen LogP) is 6.13. The monoisotopic (exact) mass is 492 g/mol. The molecule has 0 unspecified atom stereocenters. The minimum Gasteiger partial charge on any atom is -0.435 e. The summed E-state index contributed by atoms with van der Waals surface area (Å²) in [4.78, 5) is 15.4. The molecule has 0 bridgehead atoms. The van der Waals surface area contributed by atoms with Gasteiger partial charge in [0.1, 0.15) is 5.75 Å². The van der Waals surface area contributed by atoms with Gasteiger partial charge in [0.15, 0.2) is 0 Å². The summed E-state index contributed by atoms with van der Waals surface area (Å²) >= 11 is 1.70.